The van der Waals surface area contributed by atoms with E-state index in [1.165, 1.54) is 24.0 Å². The molecule has 1 unspecified atom stereocenters. The SMILES string of the molecule is CC1CCCO1.COc1c(CN(C)C)cc(C)c2cccnc12. The maximum absolute atomic E-state index is 5.53. The van der Waals surface area contributed by atoms with Crippen LogP contribution < -0.4 is 4.74 Å². The third-order valence-electron chi connectivity index (χ3n) is 3.98. The van der Waals surface area contributed by atoms with Crippen molar-refractivity contribution in [2.24, 2.45) is 0 Å². The smallest absolute Gasteiger partial charge is 0.149 e. The maximum Gasteiger partial charge on any atom is 0.149 e. The second kappa shape index (κ2) is 8.27. The summed E-state index contributed by atoms with van der Waals surface area (Å²) in [5, 5.41) is 1.16. The van der Waals surface area contributed by atoms with Gasteiger partial charge in [0.25, 0.3) is 0 Å². The molecule has 1 fully saturated rings. The van der Waals surface area contributed by atoms with Gasteiger partial charge in [-0.25, -0.2) is 0 Å². The lowest BCUT2D eigenvalue weighted by Gasteiger charge is -2.16. The van der Waals surface area contributed by atoms with E-state index in [4.69, 9.17) is 9.47 Å². The van der Waals surface area contributed by atoms with Crippen molar-refractivity contribution in [2.45, 2.75) is 39.3 Å². The molecule has 0 aliphatic carbocycles. The third-order valence-corrected chi connectivity index (χ3v) is 3.98. The van der Waals surface area contributed by atoms with Gasteiger partial charge in [0.05, 0.1) is 13.2 Å². The van der Waals surface area contributed by atoms with E-state index in [0.29, 0.717) is 6.10 Å². The maximum atomic E-state index is 5.53. The standard InChI is InChI=1S/C14H18N2O.C5H10O/c1-10-8-11(9-16(2)3)14(17-4)13-12(10)6-5-7-15-13;1-5-3-2-4-6-5/h5-8H,9H2,1-4H3;5H,2-4H2,1H3. The zero-order valence-corrected chi connectivity index (χ0v) is 14.9. The van der Waals surface area contributed by atoms with Gasteiger partial charge in [-0.05, 0) is 52.4 Å². The van der Waals surface area contributed by atoms with Crippen LogP contribution in [0, 0.1) is 6.92 Å². The molecule has 1 aliphatic heterocycles. The summed E-state index contributed by atoms with van der Waals surface area (Å²) >= 11 is 0. The summed E-state index contributed by atoms with van der Waals surface area (Å²) in [7, 11) is 5.81. The average Bonchev–Trinajstić information content (AvgIpc) is 2.99. The Bertz CT molecular complexity index is 635. The van der Waals surface area contributed by atoms with Gasteiger partial charge in [0.2, 0.25) is 0 Å². The first-order valence-electron chi connectivity index (χ1n) is 8.20. The molecule has 3 rings (SSSR count). The number of rotatable bonds is 3. The lowest BCUT2D eigenvalue weighted by Crippen LogP contribution is -2.12. The average molecular weight is 316 g/mol. The van der Waals surface area contributed by atoms with Gasteiger partial charge in [-0.15, -0.1) is 0 Å². The van der Waals surface area contributed by atoms with Crippen LogP contribution in [0.4, 0.5) is 0 Å². The number of ether oxygens (including phenoxy) is 2. The minimum Gasteiger partial charge on any atom is -0.494 e. The molecule has 1 saturated heterocycles. The fourth-order valence-corrected chi connectivity index (χ4v) is 2.89. The highest BCUT2D eigenvalue weighted by Crippen LogP contribution is 2.31. The van der Waals surface area contributed by atoms with Crippen molar-refractivity contribution in [3.8, 4) is 5.75 Å². The molecule has 1 aromatic carbocycles. The van der Waals surface area contributed by atoms with Crippen LogP contribution in [0.15, 0.2) is 24.4 Å². The highest BCUT2D eigenvalue weighted by atomic mass is 16.5. The van der Waals surface area contributed by atoms with Crippen molar-refractivity contribution in [2.75, 3.05) is 27.8 Å². The molecule has 0 amide bonds. The molecular weight excluding hydrogens is 288 g/mol. The summed E-state index contributed by atoms with van der Waals surface area (Å²) < 4.78 is 10.7. The molecular formula is C19H28N2O2. The van der Waals surface area contributed by atoms with Crippen LogP contribution in [-0.4, -0.2) is 43.8 Å². The fraction of sp³-hybridized carbons (Fsp3) is 0.526. The minimum absolute atomic E-state index is 0.546. The lowest BCUT2D eigenvalue weighted by molar-refractivity contribution is 0.125. The van der Waals surface area contributed by atoms with Gasteiger partial charge >= 0.3 is 0 Å². The molecule has 1 aliphatic rings. The summed E-state index contributed by atoms with van der Waals surface area (Å²) in [4.78, 5) is 6.57. The second-order valence-electron chi connectivity index (χ2n) is 6.35. The van der Waals surface area contributed by atoms with Crippen LogP contribution in [0.25, 0.3) is 10.9 Å². The van der Waals surface area contributed by atoms with E-state index in [9.17, 15) is 0 Å². The first-order chi connectivity index (χ1) is 11.0. The molecule has 1 atom stereocenters. The summed E-state index contributed by atoms with van der Waals surface area (Å²) in [6.45, 7) is 6.08. The van der Waals surface area contributed by atoms with E-state index in [-0.39, 0.29) is 0 Å². The Balaban J connectivity index is 0.000000268. The van der Waals surface area contributed by atoms with Crippen LogP contribution >= 0.6 is 0 Å². The lowest BCUT2D eigenvalue weighted by atomic mass is 10.0. The molecule has 0 bridgehead atoms. The molecule has 0 radical (unpaired) electrons. The van der Waals surface area contributed by atoms with Crippen LogP contribution in [0.5, 0.6) is 5.75 Å². The molecule has 1 aromatic heterocycles. The normalized spacial score (nSPS) is 17.2. The molecule has 0 spiro atoms. The molecule has 0 N–H and O–H groups in total. The predicted octanol–water partition coefficient (Wildman–Crippen LogP) is 3.80. The van der Waals surface area contributed by atoms with E-state index in [1.54, 1.807) is 7.11 Å². The zero-order chi connectivity index (χ0) is 16.8. The van der Waals surface area contributed by atoms with Gasteiger partial charge in [0.15, 0.2) is 0 Å². The van der Waals surface area contributed by atoms with Crippen LogP contribution in [0.2, 0.25) is 0 Å². The van der Waals surface area contributed by atoms with Gasteiger partial charge in [0, 0.05) is 30.3 Å². The number of pyridine rings is 1. The third kappa shape index (κ3) is 4.66. The van der Waals surface area contributed by atoms with Crippen molar-refractivity contribution in [3.63, 3.8) is 0 Å². The van der Waals surface area contributed by atoms with E-state index < -0.39 is 0 Å². The monoisotopic (exact) mass is 316 g/mol. The molecule has 126 valence electrons. The summed E-state index contributed by atoms with van der Waals surface area (Å²) in [5.41, 5.74) is 3.37. The van der Waals surface area contributed by atoms with Crippen LogP contribution in [0.1, 0.15) is 30.9 Å². The summed E-state index contributed by atoms with van der Waals surface area (Å²) in [6, 6.07) is 6.23. The fourth-order valence-electron chi connectivity index (χ4n) is 2.89. The summed E-state index contributed by atoms with van der Waals surface area (Å²) in [6.07, 6.45) is 4.88. The number of methoxy groups -OCH3 is 1. The number of aryl methyl sites for hydroxylation is 1. The van der Waals surface area contributed by atoms with E-state index >= 15 is 0 Å². The Labute approximate surface area is 139 Å². The number of benzene rings is 1. The Morgan fingerprint density at radius 1 is 1.39 bits per heavy atom. The van der Waals surface area contributed by atoms with Crippen LogP contribution in [-0.2, 0) is 11.3 Å². The molecule has 2 aromatic rings. The number of hydrogen-bond donors (Lipinski definition) is 0. The zero-order valence-electron chi connectivity index (χ0n) is 14.9. The predicted molar refractivity (Wildman–Crippen MR) is 95.1 cm³/mol. The Hall–Kier alpha value is -1.65. The number of nitrogens with zero attached hydrogens (tertiary/aromatic N) is 2. The number of hydrogen-bond acceptors (Lipinski definition) is 4. The molecule has 4 heteroatoms. The quantitative estimate of drug-likeness (QED) is 0.862. The number of fused-ring (bicyclic) bond motifs is 1. The molecule has 0 saturated carbocycles. The Morgan fingerprint density at radius 2 is 2.17 bits per heavy atom. The van der Waals surface area contributed by atoms with E-state index in [2.05, 4.69) is 50.0 Å². The molecule has 23 heavy (non-hydrogen) atoms. The molecule has 2 heterocycles. The highest BCUT2D eigenvalue weighted by Gasteiger charge is 2.12. The number of aromatic nitrogens is 1. The first kappa shape index (κ1) is 17.7. The van der Waals surface area contributed by atoms with E-state index in [1.807, 2.05) is 12.3 Å². The van der Waals surface area contributed by atoms with Crippen molar-refractivity contribution in [1.82, 2.24) is 9.88 Å². The minimum atomic E-state index is 0.546. The molecule has 4 nitrogen and oxygen atoms in total. The van der Waals surface area contributed by atoms with E-state index in [0.717, 1.165) is 29.8 Å². The van der Waals surface area contributed by atoms with Gasteiger partial charge in [-0.1, -0.05) is 12.1 Å². The van der Waals surface area contributed by atoms with Crippen molar-refractivity contribution < 1.29 is 9.47 Å². The van der Waals surface area contributed by atoms with Gasteiger partial charge in [-0.2, -0.15) is 0 Å². The van der Waals surface area contributed by atoms with Gasteiger partial charge < -0.3 is 14.4 Å². The van der Waals surface area contributed by atoms with Crippen LogP contribution in [0.3, 0.4) is 0 Å². The van der Waals surface area contributed by atoms with Crippen molar-refractivity contribution in [3.05, 3.63) is 35.5 Å². The topological polar surface area (TPSA) is 34.6 Å². The van der Waals surface area contributed by atoms with Crippen molar-refractivity contribution in [1.29, 1.82) is 0 Å². The highest BCUT2D eigenvalue weighted by molar-refractivity contribution is 5.88. The second-order valence-corrected chi connectivity index (χ2v) is 6.35. The van der Waals surface area contributed by atoms with Gasteiger partial charge in [0.1, 0.15) is 11.3 Å². The Kier molecular flexibility index (Phi) is 6.37. The van der Waals surface area contributed by atoms with Crippen molar-refractivity contribution >= 4 is 10.9 Å². The summed E-state index contributed by atoms with van der Waals surface area (Å²) in [5.74, 6) is 0.889. The largest absolute Gasteiger partial charge is 0.494 e. The first-order valence-corrected chi connectivity index (χ1v) is 8.20. The Morgan fingerprint density at radius 3 is 2.70 bits per heavy atom. The van der Waals surface area contributed by atoms with Gasteiger partial charge in [-0.3, -0.25) is 4.98 Å².